The number of ether oxygens (including phenoxy) is 4. The van der Waals surface area contributed by atoms with Gasteiger partial charge in [-0.15, -0.1) is 0 Å². The Balaban J connectivity index is 1.39. The number of rotatable bonds is 8. The van der Waals surface area contributed by atoms with Crippen molar-refractivity contribution in [1.82, 2.24) is 10.6 Å². The van der Waals surface area contributed by atoms with E-state index in [0.29, 0.717) is 31.5 Å². The van der Waals surface area contributed by atoms with Gasteiger partial charge in [0.15, 0.2) is 17.5 Å². The standard InChI is InChI=1S/C18H27N3O5/c1-19-17(21-11-18(4-7-22)5-8-23-12-18)20-6-9-24-14-2-3-15-16(10-14)26-13-25-15/h2-3,10,22H,4-9,11-13H2,1H3,(H2,19,20,21). The van der Waals surface area contributed by atoms with E-state index in [2.05, 4.69) is 15.6 Å². The van der Waals surface area contributed by atoms with Crippen molar-refractivity contribution in [2.24, 2.45) is 10.4 Å². The van der Waals surface area contributed by atoms with E-state index in [1.807, 2.05) is 18.2 Å². The van der Waals surface area contributed by atoms with Gasteiger partial charge < -0.3 is 34.7 Å². The molecule has 3 N–H and O–H groups in total. The highest BCUT2D eigenvalue weighted by Crippen LogP contribution is 2.35. The summed E-state index contributed by atoms with van der Waals surface area (Å²) in [5.41, 5.74) is -0.0185. The third-order valence-corrected chi connectivity index (χ3v) is 4.69. The first-order valence-corrected chi connectivity index (χ1v) is 8.90. The lowest BCUT2D eigenvalue weighted by atomic mass is 9.84. The van der Waals surface area contributed by atoms with Crippen LogP contribution in [0.5, 0.6) is 17.2 Å². The van der Waals surface area contributed by atoms with Crippen LogP contribution in [0.4, 0.5) is 0 Å². The summed E-state index contributed by atoms with van der Waals surface area (Å²) < 4.78 is 21.9. The van der Waals surface area contributed by atoms with E-state index in [9.17, 15) is 5.11 Å². The molecule has 1 aromatic carbocycles. The summed E-state index contributed by atoms with van der Waals surface area (Å²) in [6, 6.07) is 5.53. The van der Waals surface area contributed by atoms with Crippen molar-refractivity contribution >= 4 is 5.96 Å². The van der Waals surface area contributed by atoms with Crippen LogP contribution >= 0.6 is 0 Å². The van der Waals surface area contributed by atoms with Gasteiger partial charge in [0.05, 0.1) is 13.2 Å². The van der Waals surface area contributed by atoms with E-state index in [4.69, 9.17) is 18.9 Å². The molecule has 1 fully saturated rings. The molecule has 8 heteroatoms. The van der Waals surface area contributed by atoms with Crippen molar-refractivity contribution in [3.05, 3.63) is 18.2 Å². The van der Waals surface area contributed by atoms with Gasteiger partial charge in [0.1, 0.15) is 12.4 Å². The summed E-state index contributed by atoms with van der Waals surface area (Å²) in [6.07, 6.45) is 1.68. The molecule has 1 unspecified atom stereocenters. The molecule has 8 nitrogen and oxygen atoms in total. The Bertz CT molecular complexity index is 617. The summed E-state index contributed by atoms with van der Waals surface area (Å²) in [4.78, 5) is 4.23. The minimum absolute atomic E-state index is 0.0185. The van der Waals surface area contributed by atoms with Crippen LogP contribution in [0.25, 0.3) is 0 Å². The number of nitrogens with one attached hydrogen (secondary N) is 2. The predicted octanol–water partition coefficient (Wildman–Crippen LogP) is 0.748. The summed E-state index contributed by atoms with van der Waals surface area (Å²) in [5.74, 6) is 2.90. The number of aliphatic hydroxyl groups excluding tert-OH is 1. The Labute approximate surface area is 153 Å². The molecule has 1 aromatic rings. The Kier molecular flexibility index (Phi) is 6.40. The van der Waals surface area contributed by atoms with Crippen molar-refractivity contribution < 1.29 is 24.1 Å². The largest absolute Gasteiger partial charge is 0.492 e. The molecule has 0 saturated carbocycles. The third kappa shape index (κ3) is 4.70. The van der Waals surface area contributed by atoms with E-state index in [1.165, 1.54) is 0 Å². The lowest BCUT2D eigenvalue weighted by Gasteiger charge is -2.27. The van der Waals surface area contributed by atoms with Crippen LogP contribution < -0.4 is 24.8 Å². The SMILES string of the molecule is CN=C(NCCOc1ccc2c(c1)OCO2)NCC1(CCO)CCOC1. The average molecular weight is 365 g/mol. The number of hydrogen-bond acceptors (Lipinski definition) is 6. The number of hydrogen-bond donors (Lipinski definition) is 3. The second kappa shape index (κ2) is 8.95. The van der Waals surface area contributed by atoms with Gasteiger partial charge in [0.2, 0.25) is 6.79 Å². The number of guanidine groups is 1. The molecule has 0 amide bonds. The molecule has 0 aliphatic carbocycles. The maximum Gasteiger partial charge on any atom is 0.231 e. The highest BCUT2D eigenvalue weighted by molar-refractivity contribution is 5.79. The summed E-state index contributed by atoms with van der Waals surface area (Å²) >= 11 is 0. The molecule has 0 aromatic heterocycles. The minimum atomic E-state index is -0.0185. The van der Waals surface area contributed by atoms with E-state index >= 15 is 0 Å². The summed E-state index contributed by atoms with van der Waals surface area (Å²) in [5, 5.41) is 15.8. The fourth-order valence-electron chi connectivity index (χ4n) is 3.11. The molecule has 26 heavy (non-hydrogen) atoms. The van der Waals surface area contributed by atoms with Crippen LogP contribution in [0.2, 0.25) is 0 Å². The van der Waals surface area contributed by atoms with Gasteiger partial charge in [-0.3, -0.25) is 4.99 Å². The van der Waals surface area contributed by atoms with Crippen molar-refractivity contribution in [1.29, 1.82) is 0 Å². The topological polar surface area (TPSA) is 93.6 Å². The monoisotopic (exact) mass is 365 g/mol. The van der Waals surface area contributed by atoms with Crippen molar-refractivity contribution in [2.75, 3.05) is 53.4 Å². The Hall–Kier alpha value is -2.19. The van der Waals surface area contributed by atoms with Crippen LogP contribution in [0, 0.1) is 5.41 Å². The average Bonchev–Trinajstić information content (AvgIpc) is 3.31. The molecule has 2 aliphatic rings. The molecule has 2 aliphatic heterocycles. The number of aliphatic imine (C=N–C) groups is 1. The molecule has 0 bridgehead atoms. The highest BCUT2D eigenvalue weighted by Gasteiger charge is 2.34. The number of fused-ring (bicyclic) bond motifs is 1. The first-order valence-electron chi connectivity index (χ1n) is 8.90. The van der Waals surface area contributed by atoms with Gasteiger partial charge in [0.25, 0.3) is 0 Å². The normalized spacial score (nSPS) is 21.7. The zero-order valence-electron chi connectivity index (χ0n) is 15.1. The number of benzene rings is 1. The second-order valence-corrected chi connectivity index (χ2v) is 6.49. The lowest BCUT2D eigenvalue weighted by Crippen LogP contribution is -2.45. The molecule has 1 saturated heterocycles. The van der Waals surface area contributed by atoms with E-state index in [1.54, 1.807) is 7.05 Å². The van der Waals surface area contributed by atoms with Gasteiger partial charge in [0, 0.05) is 38.3 Å². The molecule has 0 radical (unpaired) electrons. The highest BCUT2D eigenvalue weighted by atomic mass is 16.7. The predicted molar refractivity (Wildman–Crippen MR) is 97.0 cm³/mol. The molecule has 3 rings (SSSR count). The van der Waals surface area contributed by atoms with E-state index < -0.39 is 0 Å². The molecular weight excluding hydrogens is 338 g/mol. The first kappa shape index (κ1) is 18.6. The molecule has 1 atom stereocenters. The summed E-state index contributed by atoms with van der Waals surface area (Å²) in [7, 11) is 1.73. The van der Waals surface area contributed by atoms with Crippen LogP contribution in [-0.4, -0.2) is 64.4 Å². The van der Waals surface area contributed by atoms with Crippen molar-refractivity contribution in [3.8, 4) is 17.2 Å². The van der Waals surface area contributed by atoms with Crippen LogP contribution in [-0.2, 0) is 4.74 Å². The number of nitrogens with zero attached hydrogens (tertiary/aromatic N) is 1. The quantitative estimate of drug-likeness (QED) is 0.356. The smallest absolute Gasteiger partial charge is 0.231 e. The van der Waals surface area contributed by atoms with Crippen molar-refractivity contribution in [2.45, 2.75) is 12.8 Å². The van der Waals surface area contributed by atoms with Gasteiger partial charge >= 0.3 is 0 Å². The van der Waals surface area contributed by atoms with Crippen molar-refractivity contribution in [3.63, 3.8) is 0 Å². The molecule has 144 valence electrons. The zero-order chi connectivity index (χ0) is 18.2. The maximum atomic E-state index is 9.29. The fraction of sp³-hybridized carbons (Fsp3) is 0.611. The lowest BCUT2D eigenvalue weighted by molar-refractivity contribution is 0.127. The van der Waals surface area contributed by atoms with Gasteiger partial charge in [-0.1, -0.05) is 0 Å². The maximum absolute atomic E-state index is 9.29. The van der Waals surface area contributed by atoms with E-state index in [-0.39, 0.29) is 18.8 Å². The second-order valence-electron chi connectivity index (χ2n) is 6.49. The molecule has 0 spiro atoms. The van der Waals surface area contributed by atoms with E-state index in [0.717, 1.165) is 37.5 Å². The van der Waals surface area contributed by atoms with Gasteiger partial charge in [-0.25, -0.2) is 0 Å². The van der Waals surface area contributed by atoms with Crippen LogP contribution in [0.3, 0.4) is 0 Å². The Morgan fingerprint density at radius 1 is 1.31 bits per heavy atom. The zero-order valence-corrected chi connectivity index (χ0v) is 15.1. The fourth-order valence-corrected chi connectivity index (χ4v) is 3.11. The Morgan fingerprint density at radius 3 is 2.96 bits per heavy atom. The molecular formula is C18H27N3O5. The van der Waals surface area contributed by atoms with Crippen LogP contribution in [0.1, 0.15) is 12.8 Å². The summed E-state index contributed by atoms with van der Waals surface area (Å²) in [6.45, 7) is 3.66. The third-order valence-electron chi connectivity index (χ3n) is 4.69. The van der Waals surface area contributed by atoms with Gasteiger partial charge in [-0.2, -0.15) is 0 Å². The number of aliphatic hydroxyl groups is 1. The Morgan fingerprint density at radius 2 is 2.19 bits per heavy atom. The van der Waals surface area contributed by atoms with Crippen LogP contribution in [0.15, 0.2) is 23.2 Å². The first-order chi connectivity index (χ1) is 12.7. The molecule has 2 heterocycles. The minimum Gasteiger partial charge on any atom is -0.492 e. The van der Waals surface area contributed by atoms with Gasteiger partial charge in [-0.05, 0) is 25.0 Å².